The number of ether oxygens (including phenoxy) is 1. The van der Waals surface area contributed by atoms with Crippen molar-refractivity contribution in [2.75, 3.05) is 7.11 Å². The van der Waals surface area contributed by atoms with Gasteiger partial charge in [-0.15, -0.1) is 5.10 Å². The first-order chi connectivity index (χ1) is 9.41. The predicted molar refractivity (Wildman–Crippen MR) is 62.7 cm³/mol. The SMILES string of the molecule is COC(=O)C(CC1CCCC1)n1cnc(C(F)(F)F)n1. The molecular weight excluding hydrogens is 275 g/mol. The van der Waals surface area contributed by atoms with Crippen LogP contribution in [0.2, 0.25) is 0 Å². The lowest BCUT2D eigenvalue weighted by Crippen LogP contribution is -2.24. The Morgan fingerprint density at radius 3 is 2.65 bits per heavy atom. The Hall–Kier alpha value is -1.60. The van der Waals surface area contributed by atoms with Crippen molar-refractivity contribution in [3.63, 3.8) is 0 Å². The molecule has 0 aromatic carbocycles. The summed E-state index contributed by atoms with van der Waals surface area (Å²) >= 11 is 0. The fraction of sp³-hybridized carbons (Fsp3) is 0.750. The second kappa shape index (κ2) is 5.80. The van der Waals surface area contributed by atoms with Gasteiger partial charge in [-0.2, -0.15) is 13.2 Å². The summed E-state index contributed by atoms with van der Waals surface area (Å²) in [6.07, 6.45) is 0.905. The molecule has 1 atom stereocenters. The van der Waals surface area contributed by atoms with Gasteiger partial charge in [0, 0.05) is 0 Å². The molecule has 1 saturated carbocycles. The summed E-state index contributed by atoms with van der Waals surface area (Å²) < 4.78 is 43.1. The molecule has 0 saturated heterocycles. The van der Waals surface area contributed by atoms with Gasteiger partial charge in [-0.3, -0.25) is 0 Å². The van der Waals surface area contributed by atoms with Gasteiger partial charge < -0.3 is 4.74 Å². The van der Waals surface area contributed by atoms with Gasteiger partial charge in [-0.05, 0) is 12.3 Å². The molecule has 1 aromatic heterocycles. The van der Waals surface area contributed by atoms with E-state index < -0.39 is 24.0 Å². The highest BCUT2D eigenvalue weighted by Crippen LogP contribution is 2.33. The number of alkyl halides is 3. The highest BCUT2D eigenvalue weighted by Gasteiger charge is 2.37. The van der Waals surface area contributed by atoms with Crippen LogP contribution < -0.4 is 0 Å². The number of methoxy groups -OCH3 is 1. The Morgan fingerprint density at radius 1 is 1.50 bits per heavy atom. The topological polar surface area (TPSA) is 57.0 Å². The van der Waals surface area contributed by atoms with Crippen molar-refractivity contribution in [1.82, 2.24) is 14.8 Å². The third-order valence-corrected chi connectivity index (χ3v) is 3.59. The first-order valence-electron chi connectivity index (χ1n) is 6.48. The van der Waals surface area contributed by atoms with Gasteiger partial charge in [0.05, 0.1) is 7.11 Å². The third-order valence-electron chi connectivity index (χ3n) is 3.59. The van der Waals surface area contributed by atoms with E-state index in [1.54, 1.807) is 0 Å². The quantitative estimate of drug-likeness (QED) is 0.800. The summed E-state index contributed by atoms with van der Waals surface area (Å²) in [6.45, 7) is 0. The highest BCUT2D eigenvalue weighted by atomic mass is 19.4. The zero-order valence-corrected chi connectivity index (χ0v) is 11.1. The lowest BCUT2D eigenvalue weighted by atomic mass is 9.98. The Bertz CT molecular complexity index is 467. The van der Waals surface area contributed by atoms with Crippen molar-refractivity contribution in [1.29, 1.82) is 0 Å². The fourth-order valence-electron chi connectivity index (χ4n) is 2.56. The molecule has 2 rings (SSSR count). The number of halogens is 3. The average molecular weight is 291 g/mol. The number of carbonyl (C=O) groups is 1. The van der Waals surface area contributed by atoms with E-state index in [-0.39, 0.29) is 0 Å². The van der Waals surface area contributed by atoms with E-state index in [4.69, 9.17) is 0 Å². The van der Waals surface area contributed by atoms with E-state index in [9.17, 15) is 18.0 Å². The average Bonchev–Trinajstić information content (AvgIpc) is 3.05. The zero-order valence-electron chi connectivity index (χ0n) is 11.1. The van der Waals surface area contributed by atoms with Gasteiger partial charge in [0.1, 0.15) is 6.33 Å². The second-order valence-electron chi connectivity index (χ2n) is 4.97. The summed E-state index contributed by atoms with van der Waals surface area (Å²) in [5.74, 6) is -1.51. The molecule has 112 valence electrons. The summed E-state index contributed by atoms with van der Waals surface area (Å²) in [7, 11) is 1.21. The molecule has 0 N–H and O–H groups in total. The number of hydrogen-bond donors (Lipinski definition) is 0. The molecule has 20 heavy (non-hydrogen) atoms. The van der Waals surface area contributed by atoms with Crippen molar-refractivity contribution in [3.8, 4) is 0 Å². The molecule has 1 fully saturated rings. The number of esters is 1. The molecule has 0 aliphatic heterocycles. The minimum Gasteiger partial charge on any atom is -0.467 e. The van der Waals surface area contributed by atoms with Crippen LogP contribution in [0.4, 0.5) is 13.2 Å². The zero-order chi connectivity index (χ0) is 14.8. The summed E-state index contributed by atoms with van der Waals surface area (Å²) in [5.41, 5.74) is 0. The van der Waals surface area contributed by atoms with Crippen LogP contribution in [-0.4, -0.2) is 27.8 Å². The Kier molecular flexibility index (Phi) is 4.29. The molecular formula is C12H16F3N3O2. The fourth-order valence-corrected chi connectivity index (χ4v) is 2.56. The molecule has 1 aromatic rings. The highest BCUT2D eigenvalue weighted by molar-refractivity contribution is 5.73. The molecule has 0 bridgehead atoms. The Labute approximate surface area is 114 Å². The Morgan fingerprint density at radius 2 is 2.15 bits per heavy atom. The van der Waals surface area contributed by atoms with E-state index in [0.717, 1.165) is 36.7 Å². The molecule has 0 radical (unpaired) electrons. The molecule has 0 amide bonds. The first kappa shape index (κ1) is 14.8. The largest absolute Gasteiger partial charge is 0.467 e. The van der Waals surface area contributed by atoms with Gasteiger partial charge in [0.25, 0.3) is 5.82 Å². The van der Waals surface area contributed by atoms with Crippen LogP contribution in [-0.2, 0) is 15.7 Å². The number of carbonyl (C=O) groups excluding carboxylic acids is 1. The van der Waals surface area contributed by atoms with Crippen molar-refractivity contribution in [2.24, 2.45) is 5.92 Å². The molecule has 1 heterocycles. The van der Waals surface area contributed by atoms with Gasteiger partial charge in [0.2, 0.25) is 0 Å². The van der Waals surface area contributed by atoms with Gasteiger partial charge >= 0.3 is 12.1 Å². The summed E-state index contributed by atoms with van der Waals surface area (Å²) in [4.78, 5) is 15.0. The molecule has 8 heteroatoms. The van der Waals surface area contributed by atoms with Crippen molar-refractivity contribution in [3.05, 3.63) is 12.2 Å². The van der Waals surface area contributed by atoms with Crippen LogP contribution in [0.3, 0.4) is 0 Å². The van der Waals surface area contributed by atoms with E-state index in [2.05, 4.69) is 14.8 Å². The van der Waals surface area contributed by atoms with Gasteiger partial charge in [-0.25, -0.2) is 14.5 Å². The summed E-state index contributed by atoms with van der Waals surface area (Å²) in [5, 5.41) is 3.37. The molecule has 1 aliphatic rings. The molecule has 1 aliphatic carbocycles. The van der Waals surface area contributed by atoms with Crippen LogP contribution in [0.5, 0.6) is 0 Å². The number of hydrogen-bond acceptors (Lipinski definition) is 4. The van der Waals surface area contributed by atoms with E-state index in [1.165, 1.54) is 7.11 Å². The lowest BCUT2D eigenvalue weighted by Gasteiger charge is -2.18. The van der Waals surface area contributed by atoms with E-state index in [0.29, 0.717) is 12.3 Å². The number of nitrogens with zero attached hydrogens (tertiary/aromatic N) is 3. The monoisotopic (exact) mass is 291 g/mol. The Balaban J connectivity index is 2.17. The second-order valence-corrected chi connectivity index (χ2v) is 4.97. The molecule has 1 unspecified atom stereocenters. The normalized spacial score (nSPS) is 18.2. The van der Waals surface area contributed by atoms with Crippen LogP contribution in [0.15, 0.2) is 6.33 Å². The minimum absolute atomic E-state index is 0.317. The van der Waals surface area contributed by atoms with Crippen LogP contribution >= 0.6 is 0 Å². The summed E-state index contributed by atoms with van der Waals surface area (Å²) in [6, 6.07) is -0.841. The predicted octanol–water partition coefficient (Wildman–Crippen LogP) is 2.59. The van der Waals surface area contributed by atoms with Crippen LogP contribution in [0.1, 0.15) is 44.0 Å². The smallest absolute Gasteiger partial charge is 0.453 e. The standard InChI is InChI=1S/C12H16F3N3O2/c1-20-10(19)9(6-8-4-2-3-5-8)18-7-16-11(17-18)12(13,14)15/h7-9H,2-6H2,1H3. The molecule has 5 nitrogen and oxygen atoms in total. The van der Waals surface area contributed by atoms with E-state index >= 15 is 0 Å². The van der Waals surface area contributed by atoms with Crippen LogP contribution in [0, 0.1) is 5.92 Å². The maximum absolute atomic E-state index is 12.5. The minimum atomic E-state index is -4.61. The van der Waals surface area contributed by atoms with Gasteiger partial charge in [0.15, 0.2) is 6.04 Å². The number of aromatic nitrogens is 3. The maximum Gasteiger partial charge on any atom is 0.453 e. The third kappa shape index (κ3) is 3.29. The van der Waals surface area contributed by atoms with Crippen molar-refractivity contribution >= 4 is 5.97 Å². The van der Waals surface area contributed by atoms with Gasteiger partial charge in [-0.1, -0.05) is 25.7 Å². The lowest BCUT2D eigenvalue weighted by molar-refractivity contribution is -0.148. The number of rotatable bonds is 4. The van der Waals surface area contributed by atoms with Crippen LogP contribution in [0.25, 0.3) is 0 Å². The maximum atomic E-state index is 12.5. The van der Waals surface area contributed by atoms with E-state index in [1.807, 2.05) is 0 Å². The first-order valence-corrected chi connectivity index (χ1v) is 6.48. The molecule has 0 spiro atoms. The van der Waals surface area contributed by atoms with Crippen molar-refractivity contribution < 1.29 is 22.7 Å². The van der Waals surface area contributed by atoms with Crippen molar-refractivity contribution in [2.45, 2.75) is 44.3 Å².